The number of rotatable bonds is 1. The Balaban J connectivity index is 0.00000120. The van der Waals surface area contributed by atoms with Crippen LogP contribution < -0.4 is 5.73 Å². The van der Waals surface area contributed by atoms with Gasteiger partial charge < -0.3 is 5.73 Å². The maximum absolute atomic E-state index is 12.8. The number of thiazole rings is 1. The van der Waals surface area contributed by atoms with Crippen LogP contribution in [0, 0.1) is 5.82 Å². The maximum Gasteiger partial charge on any atom is 0.124 e. The summed E-state index contributed by atoms with van der Waals surface area (Å²) < 4.78 is 13.9. The summed E-state index contributed by atoms with van der Waals surface area (Å²) in [6, 6.07) is 12.0. The summed E-state index contributed by atoms with van der Waals surface area (Å²) in [4.78, 5) is 4.49. The molecule has 0 atom stereocenters. The number of aromatic nitrogens is 1. The van der Waals surface area contributed by atoms with Crippen molar-refractivity contribution in [1.29, 1.82) is 0 Å². The molecule has 0 aliphatic rings. The monoisotopic (exact) mass is 280 g/mol. The lowest BCUT2D eigenvalue weighted by molar-refractivity contribution is 0.628. The Morgan fingerprint density at radius 2 is 1.78 bits per heavy atom. The molecule has 92 valence electrons. The molecule has 0 bridgehead atoms. The molecule has 0 spiro atoms. The van der Waals surface area contributed by atoms with Gasteiger partial charge in [-0.2, -0.15) is 0 Å². The van der Waals surface area contributed by atoms with Crippen LogP contribution in [0.5, 0.6) is 0 Å². The van der Waals surface area contributed by atoms with Crippen LogP contribution in [0.15, 0.2) is 42.5 Å². The fourth-order valence-electron chi connectivity index (χ4n) is 1.66. The van der Waals surface area contributed by atoms with Gasteiger partial charge >= 0.3 is 0 Å². The van der Waals surface area contributed by atoms with Crippen LogP contribution in [0.25, 0.3) is 20.8 Å². The van der Waals surface area contributed by atoms with Gasteiger partial charge in [-0.1, -0.05) is 0 Å². The molecule has 18 heavy (non-hydrogen) atoms. The first-order valence-corrected chi connectivity index (χ1v) is 5.96. The first-order valence-electron chi connectivity index (χ1n) is 5.14. The number of anilines is 1. The number of nitrogen functional groups attached to an aromatic ring is 1. The molecule has 0 amide bonds. The average Bonchev–Trinajstić information content (AvgIpc) is 2.72. The van der Waals surface area contributed by atoms with E-state index in [9.17, 15) is 4.39 Å². The van der Waals surface area contributed by atoms with E-state index in [1.807, 2.05) is 18.2 Å². The van der Waals surface area contributed by atoms with Gasteiger partial charge in [0.05, 0.1) is 10.2 Å². The summed E-state index contributed by atoms with van der Waals surface area (Å²) in [5, 5.41) is 0.880. The molecule has 1 aromatic heterocycles. The Hall–Kier alpha value is -1.65. The molecule has 0 aliphatic heterocycles. The van der Waals surface area contributed by atoms with Crippen molar-refractivity contribution in [2.45, 2.75) is 0 Å². The molecule has 0 aliphatic carbocycles. The molecule has 0 saturated heterocycles. The average molecular weight is 281 g/mol. The van der Waals surface area contributed by atoms with Gasteiger partial charge in [-0.15, -0.1) is 23.7 Å². The van der Waals surface area contributed by atoms with Crippen LogP contribution >= 0.6 is 23.7 Å². The molecular formula is C13H10ClFN2S. The molecule has 1 heterocycles. The molecular weight excluding hydrogens is 271 g/mol. The summed E-state index contributed by atoms with van der Waals surface area (Å²) in [6.07, 6.45) is 0. The van der Waals surface area contributed by atoms with Crippen LogP contribution in [0.3, 0.4) is 0 Å². The number of hydrogen-bond donors (Lipinski definition) is 1. The number of fused-ring (bicyclic) bond motifs is 1. The molecule has 3 rings (SSSR count). The van der Waals surface area contributed by atoms with Gasteiger partial charge in [0.2, 0.25) is 0 Å². The van der Waals surface area contributed by atoms with E-state index in [0.717, 1.165) is 26.5 Å². The smallest absolute Gasteiger partial charge is 0.124 e. The molecule has 5 heteroatoms. The van der Waals surface area contributed by atoms with Crippen molar-refractivity contribution < 1.29 is 4.39 Å². The van der Waals surface area contributed by atoms with Crippen LogP contribution in [0.1, 0.15) is 0 Å². The Morgan fingerprint density at radius 1 is 1.06 bits per heavy atom. The minimum Gasteiger partial charge on any atom is -0.399 e. The third-order valence-corrected chi connectivity index (χ3v) is 3.57. The summed E-state index contributed by atoms with van der Waals surface area (Å²) in [5.41, 5.74) is 8.29. The predicted molar refractivity (Wildman–Crippen MR) is 76.7 cm³/mol. The SMILES string of the molecule is Cl.Nc1ccc2nc(-c3ccc(F)cc3)sc2c1. The van der Waals surface area contributed by atoms with E-state index < -0.39 is 0 Å². The number of hydrogen-bond acceptors (Lipinski definition) is 3. The Morgan fingerprint density at radius 3 is 2.50 bits per heavy atom. The summed E-state index contributed by atoms with van der Waals surface area (Å²) in [6.45, 7) is 0. The van der Waals surface area contributed by atoms with Gasteiger partial charge in [0.15, 0.2) is 0 Å². The third kappa shape index (κ3) is 2.30. The van der Waals surface area contributed by atoms with E-state index >= 15 is 0 Å². The first-order chi connectivity index (χ1) is 8.22. The second-order valence-corrected chi connectivity index (χ2v) is 4.78. The van der Waals surface area contributed by atoms with E-state index in [1.54, 1.807) is 23.5 Å². The fraction of sp³-hybridized carbons (Fsp3) is 0. The van der Waals surface area contributed by atoms with Crippen molar-refractivity contribution in [3.63, 3.8) is 0 Å². The second-order valence-electron chi connectivity index (χ2n) is 3.75. The number of nitrogens with zero attached hydrogens (tertiary/aromatic N) is 1. The van der Waals surface area contributed by atoms with Crippen molar-refractivity contribution in [2.75, 3.05) is 5.73 Å². The Kier molecular flexibility index (Phi) is 3.50. The highest BCUT2D eigenvalue weighted by molar-refractivity contribution is 7.21. The lowest BCUT2D eigenvalue weighted by Crippen LogP contribution is -1.81. The van der Waals surface area contributed by atoms with Crippen molar-refractivity contribution in [3.8, 4) is 10.6 Å². The standard InChI is InChI=1S/C13H9FN2S.ClH/c14-9-3-1-8(2-4-9)13-16-11-6-5-10(15)7-12(11)17-13;/h1-7H,15H2;1H. The maximum atomic E-state index is 12.8. The van der Waals surface area contributed by atoms with Crippen molar-refractivity contribution >= 4 is 39.6 Å². The van der Waals surface area contributed by atoms with Crippen molar-refractivity contribution in [3.05, 3.63) is 48.3 Å². The van der Waals surface area contributed by atoms with Crippen molar-refractivity contribution in [2.24, 2.45) is 0 Å². The lowest BCUT2D eigenvalue weighted by Gasteiger charge is -1.94. The quantitative estimate of drug-likeness (QED) is 0.682. The minimum absolute atomic E-state index is 0. The zero-order valence-corrected chi connectivity index (χ0v) is 10.9. The predicted octanol–water partition coefficient (Wildman–Crippen LogP) is 4.11. The molecule has 2 nitrogen and oxygen atoms in total. The number of benzene rings is 2. The van der Waals surface area contributed by atoms with Crippen LogP contribution in [-0.4, -0.2) is 4.98 Å². The highest BCUT2D eigenvalue weighted by Crippen LogP contribution is 2.31. The first kappa shape index (κ1) is 12.8. The van der Waals surface area contributed by atoms with Gasteiger partial charge in [0, 0.05) is 11.3 Å². The van der Waals surface area contributed by atoms with Gasteiger partial charge in [0.1, 0.15) is 10.8 Å². The highest BCUT2D eigenvalue weighted by atomic mass is 35.5. The zero-order chi connectivity index (χ0) is 11.8. The molecule has 0 fully saturated rings. The van der Waals surface area contributed by atoms with E-state index in [2.05, 4.69) is 4.98 Å². The second kappa shape index (κ2) is 4.92. The fourth-order valence-corrected chi connectivity index (χ4v) is 2.68. The molecule has 2 N–H and O–H groups in total. The van der Waals surface area contributed by atoms with Gasteiger partial charge in [0.25, 0.3) is 0 Å². The normalized spacial score (nSPS) is 10.3. The van der Waals surface area contributed by atoms with Gasteiger partial charge in [-0.3, -0.25) is 0 Å². The lowest BCUT2D eigenvalue weighted by atomic mass is 10.2. The summed E-state index contributed by atoms with van der Waals surface area (Å²) >= 11 is 1.56. The molecule has 2 aromatic carbocycles. The van der Waals surface area contributed by atoms with E-state index in [1.165, 1.54) is 12.1 Å². The van der Waals surface area contributed by atoms with E-state index in [0.29, 0.717) is 0 Å². The van der Waals surface area contributed by atoms with E-state index in [-0.39, 0.29) is 18.2 Å². The Labute approximate surface area is 114 Å². The Bertz CT molecular complexity index is 679. The molecule has 0 saturated carbocycles. The molecule has 3 aromatic rings. The highest BCUT2D eigenvalue weighted by Gasteiger charge is 2.06. The van der Waals surface area contributed by atoms with E-state index in [4.69, 9.17) is 5.73 Å². The van der Waals surface area contributed by atoms with Crippen LogP contribution in [0.4, 0.5) is 10.1 Å². The number of halogens is 2. The molecule has 0 unspecified atom stereocenters. The third-order valence-electron chi connectivity index (χ3n) is 2.50. The topological polar surface area (TPSA) is 38.9 Å². The zero-order valence-electron chi connectivity index (χ0n) is 9.26. The van der Waals surface area contributed by atoms with Crippen LogP contribution in [-0.2, 0) is 0 Å². The van der Waals surface area contributed by atoms with Gasteiger partial charge in [-0.25, -0.2) is 9.37 Å². The van der Waals surface area contributed by atoms with Gasteiger partial charge in [-0.05, 0) is 42.5 Å². The largest absolute Gasteiger partial charge is 0.399 e. The van der Waals surface area contributed by atoms with Crippen molar-refractivity contribution in [1.82, 2.24) is 4.98 Å². The van der Waals surface area contributed by atoms with Crippen LogP contribution in [0.2, 0.25) is 0 Å². The number of nitrogens with two attached hydrogens (primary N) is 1. The molecule has 0 radical (unpaired) electrons. The summed E-state index contributed by atoms with van der Waals surface area (Å²) in [7, 11) is 0. The minimum atomic E-state index is -0.237. The summed E-state index contributed by atoms with van der Waals surface area (Å²) in [5.74, 6) is -0.237.